The zero-order chi connectivity index (χ0) is 11.6. The molecule has 0 aliphatic rings. The molecule has 0 aromatic heterocycles. The van der Waals surface area contributed by atoms with Crippen molar-refractivity contribution < 1.29 is 9.84 Å². The molecule has 0 unspecified atom stereocenters. The predicted molar refractivity (Wildman–Crippen MR) is 67.0 cm³/mol. The zero-order valence-electron chi connectivity index (χ0n) is 9.91. The lowest BCUT2D eigenvalue weighted by Crippen LogP contribution is -2.01. The molecule has 2 N–H and O–H groups in total. The molecular formula is C13H21NO2. The molecule has 0 fully saturated rings. The number of rotatable bonds is 8. The SMILES string of the molecule is CCOc1ccc(NCCCCCO)cc1. The molecule has 0 saturated carbocycles. The van der Waals surface area contributed by atoms with Crippen molar-refractivity contribution in [2.75, 3.05) is 25.1 Å². The quantitative estimate of drug-likeness (QED) is 0.666. The van der Waals surface area contributed by atoms with Crippen LogP contribution in [0.1, 0.15) is 26.2 Å². The monoisotopic (exact) mass is 223 g/mol. The number of nitrogens with one attached hydrogen (secondary N) is 1. The summed E-state index contributed by atoms with van der Waals surface area (Å²) >= 11 is 0. The number of ether oxygens (including phenoxy) is 1. The van der Waals surface area contributed by atoms with E-state index in [0.29, 0.717) is 13.2 Å². The second kappa shape index (κ2) is 7.99. The highest BCUT2D eigenvalue weighted by Crippen LogP contribution is 2.15. The normalized spacial score (nSPS) is 10.1. The molecule has 0 aliphatic heterocycles. The van der Waals surface area contributed by atoms with Gasteiger partial charge in [-0.1, -0.05) is 0 Å². The number of hydrogen-bond acceptors (Lipinski definition) is 3. The Morgan fingerprint density at radius 3 is 2.50 bits per heavy atom. The second-order valence-corrected chi connectivity index (χ2v) is 3.67. The first-order valence-electron chi connectivity index (χ1n) is 5.94. The first-order valence-corrected chi connectivity index (χ1v) is 5.94. The molecule has 0 radical (unpaired) electrons. The first-order chi connectivity index (χ1) is 7.86. The maximum absolute atomic E-state index is 8.63. The summed E-state index contributed by atoms with van der Waals surface area (Å²) in [5.74, 6) is 0.910. The van der Waals surface area contributed by atoms with Crippen molar-refractivity contribution >= 4 is 5.69 Å². The summed E-state index contributed by atoms with van der Waals surface area (Å²) in [5.41, 5.74) is 1.12. The summed E-state index contributed by atoms with van der Waals surface area (Å²) in [6.07, 6.45) is 3.05. The van der Waals surface area contributed by atoms with E-state index in [1.165, 1.54) is 0 Å². The highest BCUT2D eigenvalue weighted by molar-refractivity contribution is 5.46. The Morgan fingerprint density at radius 1 is 1.12 bits per heavy atom. The number of aliphatic hydroxyl groups excluding tert-OH is 1. The summed E-state index contributed by atoms with van der Waals surface area (Å²) in [5, 5.41) is 12.0. The van der Waals surface area contributed by atoms with Crippen molar-refractivity contribution in [2.45, 2.75) is 26.2 Å². The molecule has 16 heavy (non-hydrogen) atoms. The molecule has 0 saturated heterocycles. The number of aliphatic hydroxyl groups is 1. The average Bonchev–Trinajstić information content (AvgIpc) is 2.31. The predicted octanol–water partition coefficient (Wildman–Crippen LogP) is 2.66. The van der Waals surface area contributed by atoms with E-state index in [-0.39, 0.29) is 0 Å². The third-order valence-corrected chi connectivity index (χ3v) is 2.33. The van der Waals surface area contributed by atoms with Gasteiger partial charge < -0.3 is 15.2 Å². The van der Waals surface area contributed by atoms with Crippen molar-refractivity contribution in [3.8, 4) is 5.75 Å². The van der Waals surface area contributed by atoms with Crippen LogP contribution in [0.5, 0.6) is 5.75 Å². The third-order valence-electron chi connectivity index (χ3n) is 2.33. The molecule has 0 bridgehead atoms. The molecule has 3 nitrogen and oxygen atoms in total. The van der Waals surface area contributed by atoms with E-state index < -0.39 is 0 Å². The molecule has 3 heteroatoms. The molecule has 0 amide bonds. The van der Waals surface area contributed by atoms with Gasteiger partial charge in [0.25, 0.3) is 0 Å². The summed E-state index contributed by atoms with van der Waals surface area (Å²) in [6, 6.07) is 7.99. The summed E-state index contributed by atoms with van der Waals surface area (Å²) in [7, 11) is 0. The van der Waals surface area contributed by atoms with Crippen molar-refractivity contribution in [3.63, 3.8) is 0 Å². The maximum atomic E-state index is 8.63. The van der Waals surface area contributed by atoms with Gasteiger partial charge in [0, 0.05) is 18.8 Å². The summed E-state index contributed by atoms with van der Waals surface area (Å²) in [6.45, 7) is 3.93. The van der Waals surface area contributed by atoms with Gasteiger partial charge in [-0.15, -0.1) is 0 Å². The minimum atomic E-state index is 0.295. The topological polar surface area (TPSA) is 41.5 Å². The molecular weight excluding hydrogens is 202 g/mol. The van der Waals surface area contributed by atoms with Crippen LogP contribution in [0.2, 0.25) is 0 Å². The van der Waals surface area contributed by atoms with E-state index in [0.717, 1.165) is 37.2 Å². The van der Waals surface area contributed by atoms with Gasteiger partial charge >= 0.3 is 0 Å². The second-order valence-electron chi connectivity index (χ2n) is 3.67. The molecule has 90 valence electrons. The van der Waals surface area contributed by atoms with Crippen LogP contribution in [0.3, 0.4) is 0 Å². The standard InChI is InChI=1S/C13H21NO2/c1-2-16-13-8-6-12(7-9-13)14-10-4-3-5-11-15/h6-9,14-15H,2-5,10-11H2,1H3. The fourth-order valence-corrected chi connectivity index (χ4v) is 1.48. The maximum Gasteiger partial charge on any atom is 0.119 e. The minimum absolute atomic E-state index is 0.295. The van der Waals surface area contributed by atoms with E-state index in [1.807, 2.05) is 31.2 Å². The molecule has 1 aromatic carbocycles. The Hall–Kier alpha value is -1.22. The first kappa shape index (κ1) is 12.8. The third kappa shape index (κ3) is 5.03. The van der Waals surface area contributed by atoms with E-state index in [4.69, 9.17) is 9.84 Å². The van der Waals surface area contributed by atoms with Gasteiger partial charge in [0.05, 0.1) is 6.61 Å². The van der Waals surface area contributed by atoms with Crippen molar-refractivity contribution in [1.29, 1.82) is 0 Å². The van der Waals surface area contributed by atoms with E-state index >= 15 is 0 Å². The number of unbranched alkanes of at least 4 members (excludes halogenated alkanes) is 2. The van der Waals surface area contributed by atoms with Crippen LogP contribution in [-0.2, 0) is 0 Å². The molecule has 0 aliphatic carbocycles. The van der Waals surface area contributed by atoms with Crippen LogP contribution in [-0.4, -0.2) is 24.9 Å². The molecule has 0 heterocycles. The summed E-state index contributed by atoms with van der Waals surface area (Å²) in [4.78, 5) is 0. The van der Waals surface area contributed by atoms with Crippen LogP contribution >= 0.6 is 0 Å². The van der Waals surface area contributed by atoms with Gasteiger partial charge in [0.15, 0.2) is 0 Å². The molecule has 1 rings (SSSR count). The van der Waals surface area contributed by atoms with Gasteiger partial charge in [0.2, 0.25) is 0 Å². The van der Waals surface area contributed by atoms with E-state index in [9.17, 15) is 0 Å². The number of benzene rings is 1. The van der Waals surface area contributed by atoms with E-state index in [1.54, 1.807) is 0 Å². The lowest BCUT2D eigenvalue weighted by Gasteiger charge is -2.07. The molecule has 0 spiro atoms. The van der Waals surface area contributed by atoms with Crippen LogP contribution < -0.4 is 10.1 Å². The smallest absolute Gasteiger partial charge is 0.119 e. The highest BCUT2D eigenvalue weighted by atomic mass is 16.5. The van der Waals surface area contributed by atoms with Gasteiger partial charge in [0.1, 0.15) is 5.75 Å². The number of hydrogen-bond donors (Lipinski definition) is 2. The van der Waals surface area contributed by atoms with Crippen LogP contribution in [0.25, 0.3) is 0 Å². The van der Waals surface area contributed by atoms with Crippen molar-refractivity contribution in [3.05, 3.63) is 24.3 Å². The summed E-state index contributed by atoms with van der Waals surface area (Å²) < 4.78 is 5.36. The molecule has 0 atom stereocenters. The van der Waals surface area contributed by atoms with Crippen molar-refractivity contribution in [1.82, 2.24) is 0 Å². The fourth-order valence-electron chi connectivity index (χ4n) is 1.48. The lowest BCUT2D eigenvalue weighted by molar-refractivity contribution is 0.283. The van der Waals surface area contributed by atoms with Crippen LogP contribution in [0.4, 0.5) is 5.69 Å². The average molecular weight is 223 g/mol. The Labute approximate surface area is 97.4 Å². The van der Waals surface area contributed by atoms with Crippen LogP contribution in [0.15, 0.2) is 24.3 Å². The van der Waals surface area contributed by atoms with Crippen LogP contribution in [0, 0.1) is 0 Å². The highest BCUT2D eigenvalue weighted by Gasteiger charge is 1.94. The fraction of sp³-hybridized carbons (Fsp3) is 0.538. The van der Waals surface area contributed by atoms with Gasteiger partial charge in [-0.05, 0) is 50.5 Å². The zero-order valence-corrected chi connectivity index (χ0v) is 9.91. The molecule has 1 aromatic rings. The van der Waals surface area contributed by atoms with Crippen molar-refractivity contribution in [2.24, 2.45) is 0 Å². The Morgan fingerprint density at radius 2 is 1.88 bits per heavy atom. The largest absolute Gasteiger partial charge is 0.494 e. The number of anilines is 1. The Bertz CT molecular complexity index is 272. The van der Waals surface area contributed by atoms with Gasteiger partial charge in [-0.25, -0.2) is 0 Å². The van der Waals surface area contributed by atoms with E-state index in [2.05, 4.69) is 5.32 Å². The Kier molecular flexibility index (Phi) is 6.42. The Balaban J connectivity index is 2.21. The van der Waals surface area contributed by atoms with Gasteiger partial charge in [-0.2, -0.15) is 0 Å². The van der Waals surface area contributed by atoms with Gasteiger partial charge in [-0.3, -0.25) is 0 Å². The minimum Gasteiger partial charge on any atom is -0.494 e. The lowest BCUT2D eigenvalue weighted by atomic mass is 10.2.